The second kappa shape index (κ2) is 5.24. The van der Waals surface area contributed by atoms with E-state index in [4.69, 9.17) is 11.6 Å². The van der Waals surface area contributed by atoms with E-state index in [1.54, 1.807) is 6.20 Å². The summed E-state index contributed by atoms with van der Waals surface area (Å²) in [4.78, 5) is 8.08. The molecule has 0 atom stereocenters. The third kappa shape index (κ3) is 2.82. The standard InChI is InChI=1S/C13H13BrClN3/c1-7-4-8(2)11(9(3)5-7)17-12-10(14)6-16-13(15)18-12/h4-6H,1-3H3,(H,16,17,18). The highest BCUT2D eigenvalue weighted by Crippen LogP contribution is 2.29. The van der Waals surface area contributed by atoms with Crippen molar-refractivity contribution in [2.24, 2.45) is 0 Å². The van der Waals surface area contributed by atoms with Gasteiger partial charge in [-0.3, -0.25) is 0 Å². The number of nitrogens with one attached hydrogen (secondary N) is 1. The highest BCUT2D eigenvalue weighted by atomic mass is 79.9. The summed E-state index contributed by atoms with van der Waals surface area (Å²) in [6, 6.07) is 4.26. The Kier molecular flexibility index (Phi) is 3.88. The van der Waals surface area contributed by atoms with E-state index in [0.29, 0.717) is 5.82 Å². The van der Waals surface area contributed by atoms with Gasteiger partial charge in [-0.05, 0) is 59.4 Å². The lowest BCUT2D eigenvalue weighted by molar-refractivity contribution is 1.15. The van der Waals surface area contributed by atoms with Crippen LogP contribution in [0, 0.1) is 20.8 Å². The molecule has 1 heterocycles. The molecule has 0 spiro atoms. The van der Waals surface area contributed by atoms with E-state index in [1.807, 2.05) is 0 Å². The Labute approximate surface area is 120 Å². The smallest absolute Gasteiger partial charge is 0.224 e. The normalized spacial score (nSPS) is 10.5. The minimum absolute atomic E-state index is 0.225. The summed E-state index contributed by atoms with van der Waals surface area (Å²) in [6.07, 6.45) is 1.64. The van der Waals surface area contributed by atoms with Crippen LogP contribution in [0.4, 0.5) is 11.5 Å². The van der Waals surface area contributed by atoms with Crippen LogP contribution in [0.3, 0.4) is 0 Å². The van der Waals surface area contributed by atoms with Gasteiger partial charge in [-0.25, -0.2) is 4.98 Å². The van der Waals surface area contributed by atoms with Crippen LogP contribution in [0.2, 0.25) is 5.28 Å². The SMILES string of the molecule is Cc1cc(C)c(Nc2nc(Cl)ncc2Br)c(C)c1. The number of aryl methyl sites for hydroxylation is 3. The third-order valence-corrected chi connectivity index (χ3v) is 3.40. The summed E-state index contributed by atoms with van der Waals surface area (Å²) in [7, 11) is 0. The molecule has 3 nitrogen and oxygen atoms in total. The lowest BCUT2D eigenvalue weighted by Crippen LogP contribution is -2.00. The number of hydrogen-bond donors (Lipinski definition) is 1. The second-order valence-electron chi connectivity index (χ2n) is 4.23. The van der Waals surface area contributed by atoms with Crippen molar-refractivity contribution in [1.29, 1.82) is 0 Å². The molecule has 0 fully saturated rings. The van der Waals surface area contributed by atoms with E-state index in [0.717, 1.165) is 10.2 Å². The molecule has 0 aliphatic carbocycles. The Hall–Kier alpha value is -1.13. The molecule has 0 aliphatic heterocycles. The lowest BCUT2D eigenvalue weighted by Gasteiger charge is -2.14. The number of aromatic nitrogens is 2. The molecule has 0 unspecified atom stereocenters. The highest BCUT2D eigenvalue weighted by Gasteiger charge is 2.08. The maximum Gasteiger partial charge on any atom is 0.224 e. The molecule has 18 heavy (non-hydrogen) atoms. The number of nitrogens with zero attached hydrogens (tertiary/aromatic N) is 2. The van der Waals surface area contributed by atoms with Crippen LogP contribution in [-0.2, 0) is 0 Å². The Morgan fingerprint density at radius 2 is 1.78 bits per heavy atom. The van der Waals surface area contributed by atoms with Crippen LogP contribution in [0.5, 0.6) is 0 Å². The van der Waals surface area contributed by atoms with Gasteiger partial charge in [-0.15, -0.1) is 0 Å². The molecule has 0 saturated carbocycles. The summed E-state index contributed by atoms with van der Waals surface area (Å²) in [5.74, 6) is 0.671. The van der Waals surface area contributed by atoms with Crippen molar-refractivity contribution in [3.8, 4) is 0 Å². The third-order valence-electron chi connectivity index (χ3n) is 2.64. The van der Waals surface area contributed by atoms with Crippen molar-refractivity contribution in [3.05, 3.63) is 44.8 Å². The van der Waals surface area contributed by atoms with Crippen LogP contribution in [0.15, 0.2) is 22.8 Å². The van der Waals surface area contributed by atoms with Crippen molar-refractivity contribution in [2.45, 2.75) is 20.8 Å². The van der Waals surface area contributed by atoms with Gasteiger partial charge in [0.25, 0.3) is 0 Å². The van der Waals surface area contributed by atoms with Crippen LogP contribution >= 0.6 is 27.5 Å². The summed E-state index contributed by atoms with van der Waals surface area (Å²) in [5.41, 5.74) is 4.65. The van der Waals surface area contributed by atoms with Crippen molar-refractivity contribution in [1.82, 2.24) is 9.97 Å². The largest absolute Gasteiger partial charge is 0.339 e. The molecule has 0 bridgehead atoms. The fourth-order valence-corrected chi connectivity index (χ4v) is 2.35. The van der Waals surface area contributed by atoms with Gasteiger partial charge in [0.1, 0.15) is 5.82 Å². The van der Waals surface area contributed by atoms with E-state index in [-0.39, 0.29) is 5.28 Å². The molecule has 2 rings (SSSR count). The van der Waals surface area contributed by atoms with Crippen molar-refractivity contribution >= 4 is 39.0 Å². The zero-order valence-electron chi connectivity index (χ0n) is 10.4. The molecule has 0 radical (unpaired) electrons. The first-order valence-corrected chi connectivity index (χ1v) is 6.67. The predicted molar refractivity (Wildman–Crippen MR) is 78.7 cm³/mol. The fourth-order valence-electron chi connectivity index (χ4n) is 1.93. The van der Waals surface area contributed by atoms with E-state index < -0.39 is 0 Å². The molecule has 94 valence electrons. The second-order valence-corrected chi connectivity index (χ2v) is 5.43. The van der Waals surface area contributed by atoms with Gasteiger partial charge < -0.3 is 5.32 Å². The first kappa shape index (κ1) is 13.3. The average molecular weight is 327 g/mol. The molecular formula is C13H13BrClN3. The number of rotatable bonds is 2. The van der Waals surface area contributed by atoms with E-state index in [9.17, 15) is 0 Å². The Morgan fingerprint density at radius 3 is 2.39 bits per heavy atom. The number of benzene rings is 1. The quantitative estimate of drug-likeness (QED) is 0.822. The molecule has 1 N–H and O–H groups in total. The minimum atomic E-state index is 0.225. The molecule has 1 aromatic heterocycles. The van der Waals surface area contributed by atoms with Crippen molar-refractivity contribution in [2.75, 3.05) is 5.32 Å². The van der Waals surface area contributed by atoms with E-state index >= 15 is 0 Å². The zero-order valence-corrected chi connectivity index (χ0v) is 12.7. The molecule has 0 amide bonds. The number of anilines is 2. The average Bonchev–Trinajstić information content (AvgIpc) is 2.28. The predicted octanol–water partition coefficient (Wildman–Crippen LogP) is 4.56. The Bertz CT molecular complexity index is 576. The van der Waals surface area contributed by atoms with Gasteiger partial charge in [0.15, 0.2) is 0 Å². The monoisotopic (exact) mass is 325 g/mol. The molecule has 2 aromatic rings. The first-order valence-electron chi connectivity index (χ1n) is 5.50. The van der Waals surface area contributed by atoms with E-state index in [2.05, 4.69) is 64.1 Å². The Balaban J connectivity index is 2.43. The van der Waals surface area contributed by atoms with Crippen LogP contribution in [0.25, 0.3) is 0 Å². The van der Waals surface area contributed by atoms with Gasteiger partial charge in [0, 0.05) is 11.9 Å². The molecular weight excluding hydrogens is 314 g/mol. The maximum absolute atomic E-state index is 5.80. The van der Waals surface area contributed by atoms with Crippen LogP contribution in [-0.4, -0.2) is 9.97 Å². The summed E-state index contributed by atoms with van der Waals surface area (Å²) in [6.45, 7) is 6.22. The first-order chi connectivity index (χ1) is 8.47. The highest BCUT2D eigenvalue weighted by molar-refractivity contribution is 9.10. The van der Waals surface area contributed by atoms with Gasteiger partial charge >= 0.3 is 0 Å². The van der Waals surface area contributed by atoms with Gasteiger partial charge in [-0.2, -0.15) is 4.98 Å². The minimum Gasteiger partial charge on any atom is -0.339 e. The Morgan fingerprint density at radius 1 is 1.17 bits per heavy atom. The molecule has 1 aromatic carbocycles. The fraction of sp³-hybridized carbons (Fsp3) is 0.231. The maximum atomic E-state index is 5.80. The number of halogens is 2. The zero-order chi connectivity index (χ0) is 13.3. The molecule has 5 heteroatoms. The molecule has 0 aliphatic rings. The van der Waals surface area contributed by atoms with Gasteiger partial charge in [0.2, 0.25) is 5.28 Å². The van der Waals surface area contributed by atoms with Crippen LogP contribution < -0.4 is 5.32 Å². The lowest BCUT2D eigenvalue weighted by atomic mass is 10.1. The van der Waals surface area contributed by atoms with E-state index in [1.165, 1.54) is 16.7 Å². The molecule has 0 saturated heterocycles. The topological polar surface area (TPSA) is 37.8 Å². The van der Waals surface area contributed by atoms with Gasteiger partial charge in [0.05, 0.1) is 4.47 Å². The van der Waals surface area contributed by atoms with Crippen LogP contribution in [0.1, 0.15) is 16.7 Å². The number of hydrogen-bond acceptors (Lipinski definition) is 3. The van der Waals surface area contributed by atoms with Gasteiger partial charge in [-0.1, -0.05) is 17.7 Å². The summed E-state index contributed by atoms with van der Waals surface area (Å²) in [5, 5.41) is 3.52. The van der Waals surface area contributed by atoms with Crippen molar-refractivity contribution in [3.63, 3.8) is 0 Å². The summed E-state index contributed by atoms with van der Waals surface area (Å²) < 4.78 is 0.784. The summed E-state index contributed by atoms with van der Waals surface area (Å²) >= 11 is 9.21. The van der Waals surface area contributed by atoms with Crippen molar-refractivity contribution < 1.29 is 0 Å².